The smallest absolute Gasteiger partial charge is 0.316 e. The second-order valence-electron chi connectivity index (χ2n) is 19.5. The molecule has 19 atom stereocenters. The van der Waals surface area contributed by atoms with E-state index in [0.717, 1.165) is 5.57 Å². The highest BCUT2D eigenvalue weighted by molar-refractivity contribution is 5.78. The van der Waals surface area contributed by atoms with Gasteiger partial charge in [-0.2, -0.15) is 0 Å². The molecule has 0 unspecified atom stereocenters. The number of rotatable bonds is 8. The van der Waals surface area contributed by atoms with Gasteiger partial charge in [0.05, 0.1) is 55.4 Å². The van der Waals surface area contributed by atoms with E-state index in [1.807, 2.05) is 39.0 Å². The third-order valence-corrected chi connectivity index (χ3v) is 14.4. The number of hydrogen-bond donors (Lipinski definition) is 3. The monoisotopic (exact) mass is 900 g/mol. The molecule has 4 saturated heterocycles. The Labute approximate surface area is 378 Å². The van der Waals surface area contributed by atoms with Crippen LogP contribution in [0.1, 0.15) is 94.4 Å². The molecule has 15 nitrogen and oxygen atoms in total. The maximum atomic E-state index is 14.3. The summed E-state index contributed by atoms with van der Waals surface area (Å²) in [7, 11) is 3.27. The standard InChI is InChI=1S/C49H73NO14/c1-25(2)43-28(5)17-18-48(64-43)23-35-20-34(63-48)16-15-27(4)44(26(3)13-12-14-33-24-57-46-42(52)29(6)19-36(47(53)60-35)49(33,46)54)61-40-22-38(56-11)45(31(8)59-40)62-39-21-37(55-10)41(30(7)58-39)50-32(9)51/h12-15,17-19,25-26,28,30-31,34-46,52,54H,16,20-24H2,1-11H3,(H,50,51)/b13-12+,27-15+,33-14+/t26-,28-,30-,31-,34+,35-,36-,37+,38-,39-,40-,41+,42+,43+,44-,45+,46+,48+,49+/m0/s1. The largest absolute Gasteiger partial charge is 0.462 e. The lowest BCUT2D eigenvalue weighted by Gasteiger charge is -2.48. The van der Waals surface area contributed by atoms with E-state index in [-0.39, 0.29) is 61.0 Å². The molecular formula is C49H73NO14. The fraction of sp³-hybridized carbons (Fsp3) is 0.755. The van der Waals surface area contributed by atoms with Crippen LogP contribution in [-0.4, -0.2) is 140 Å². The second-order valence-corrected chi connectivity index (χ2v) is 19.5. The van der Waals surface area contributed by atoms with Gasteiger partial charge in [0.2, 0.25) is 5.91 Å². The highest BCUT2D eigenvalue weighted by Gasteiger charge is 2.60. The van der Waals surface area contributed by atoms with Crippen molar-refractivity contribution in [3.63, 3.8) is 0 Å². The van der Waals surface area contributed by atoms with Gasteiger partial charge >= 0.3 is 5.97 Å². The van der Waals surface area contributed by atoms with Crippen molar-refractivity contribution in [1.82, 2.24) is 5.32 Å². The zero-order valence-corrected chi connectivity index (χ0v) is 39.5. The molecule has 0 saturated carbocycles. The number of aliphatic hydroxyl groups is 2. The van der Waals surface area contributed by atoms with E-state index in [0.29, 0.717) is 36.8 Å². The average molecular weight is 900 g/mol. The molecule has 1 spiro atoms. The topological polar surface area (TPSA) is 179 Å². The lowest BCUT2D eigenvalue weighted by atomic mass is 9.71. The number of esters is 1. The normalized spacial score (nSPS) is 47.4. The maximum Gasteiger partial charge on any atom is 0.316 e. The Hall–Kier alpha value is -2.80. The van der Waals surface area contributed by atoms with Crippen LogP contribution in [0.2, 0.25) is 0 Å². The van der Waals surface area contributed by atoms with E-state index >= 15 is 0 Å². The van der Waals surface area contributed by atoms with Crippen molar-refractivity contribution in [2.75, 3.05) is 20.8 Å². The number of methoxy groups -OCH3 is 2. The molecule has 2 bridgehead atoms. The third kappa shape index (κ3) is 10.2. The SMILES string of the molecule is CO[C@H]1C[C@H](O[C@@H]2/C(C)=C/C[C@@H]3C[C@@H](C[C@]4(C=C[C@H](C)[C@@H](C(C)C)O4)O3)OC(=O)[C@@H]3C=C(C)[C@@H](O)[C@H]4OC/C(=C\C=C\[C@@H]2C)[C@]43O)O[C@@H](C)[C@H]1O[C@H]1C[C@@H](OC)[C@H](NC(C)=O)[C@H](C)O1. The third-order valence-electron chi connectivity index (χ3n) is 14.4. The summed E-state index contributed by atoms with van der Waals surface area (Å²) in [5.74, 6) is -2.81. The number of fused-ring (bicyclic) bond motifs is 2. The zero-order valence-electron chi connectivity index (χ0n) is 39.5. The van der Waals surface area contributed by atoms with Gasteiger partial charge in [0.1, 0.15) is 35.9 Å². The van der Waals surface area contributed by atoms with Crippen LogP contribution in [0.25, 0.3) is 0 Å². The van der Waals surface area contributed by atoms with Gasteiger partial charge in [-0.05, 0) is 62.8 Å². The molecule has 15 heteroatoms. The molecule has 1 aliphatic carbocycles. The van der Waals surface area contributed by atoms with Crippen LogP contribution in [0.3, 0.4) is 0 Å². The Bertz CT molecular complexity index is 1830. The van der Waals surface area contributed by atoms with Gasteiger partial charge in [-0.3, -0.25) is 9.59 Å². The lowest BCUT2D eigenvalue weighted by Crippen LogP contribution is -2.58. The average Bonchev–Trinajstić information content (AvgIpc) is 3.58. The fourth-order valence-electron chi connectivity index (χ4n) is 10.9. The second kappa shape index (κ2) is 20.2. The van der Waals surface area contributed by atoms with E-state index in [2.05, 4.69) is 45.2 Å². The summed E-state index contributed by atoms with van der Waals surface area (Å²) in [6.45, 7) is 17.5. The van der Waals surface area contributed by atoms with Gasteiger partial charge in [0.25, 0.3) is 0 Å². The molecule has 6 aliphatic heterocycles. The molecule has 0 aromatic heterocycles. The molecule has 7 aliphatic rings. The Morgan fingerprint density at radius 2 is 1.61 bits per heavy atom. The van der Waals surface area contributed by atoms with E-state index in [1.165, 1.54) is 6.92 Å². The van der Waals surface area contributed by atoms with Crippen LogP contribution in [0.5, 0.6) is 0 Å². The van der Waals surface area contributed by atoms with Crippen LogP contribution in [0.4, 0.5) is 0 Å². The molecule has 0 aromatic carbocycles. The molecule has 6 heterocycles. The minimum atomic E-state index is -1.84. The maximum absolute atomic E-state index is 14.3. The highest BCUT2D eigenvalue weighted by Crippen LogP contribution is 2.47. The number of nitrogens with one attached hydrogen (secondary N) is 1. The minimum Gasteiger partial charge on any atom is -0.462 e. The van der Waals surface area contributed by atoms with Crippen LogP contribution < -0.4 is 5.32 Å². The number of carbonyl (C=O) groups is 2. The summed E-state index contributed by atoms with van der Waals surface area (Å²) in [6.07, 6.45) is 8.46. The van der Waals surface area contributed by atoms with Gasteiger partial charge < -0.3 is 62.9 Å². The Morgan fingerprint density at radius 1 is 0.906 bits per heavy atom. The summed E-state index contributed by atoms with van der Waals surface area (Å²) >= 11 is 0. The first-order valence-corrected chi connectivity index (χ1v) is 23.3. The number of hydrogen-bond acceptors (Lipinski definition) is 14. The van der Waals surface area contributed by atoms with Gasteiger partial charge in [0.15, 0.2) is 18.4 Å². The van der Waals surface area contributed by atoms with Crippen LogP contribution in [0.15, 0.2) is 59.3 Å². The van der Waals surface area contributed by atoms with Crippen molar-refractivity contribution >= 4 is 11.9 Å². The predicted octanol–water partition coefficient (Wildman–Crippen LogP) is 5.13. The summed E-state index contributed by atoms with van der Waals surface area (Å²) in [6, 6.07) is -0.314. The van der Waals surface area contributed by atoms with Crippen LogP contribution in [0, 0.1) is 23.7 Å². The van der Waals surface area contributed by atoms with E-state index < -0.39 is 84.7 Å². The first kappa shape index (κ1) is 49.1. The van der Waals surface area contributed by atoms with Gasteiger partial charge in [0, 0.05) is 58.7 Å². The van der Waals surface area contributed by atoms with E-state index in [4.69, 9.17) is 47.4 Å². The quantitative estimate of drug-likeness (QED) is 0.216. The lowest BCUT2D eigenvalue weighted by molar-refractivity contribution is -0.311. The van der Waals surface area contributed by atoms with Crippen molar-refractivity contribution in [3.8, 4) is 0 Å². The summed E-state index contributed by atoms with van der Waals surface area (Å²) in [5, 5.41) is 26.7. The summed E-state index contributed by atoms with van der Waals surface area (Å²) < 4.78 is 64.2. The van der Waals surface area contributed by atoms with Crippen molar-refractivity contribution in [3.05, 3.63) is 59.3 Å². The van der Waals surface area contributed by atoms with Gasteiger partial charge in [-0.15, -0.1) is 0 Å². The van der Waals surface area contributed by atoms with Crippen LogP contribution >= 0.6 is 0 Å². The highest BCUT2D eigenvalue weighted by atomic mass is 16.7. The summed E-state index contributed by atoms with van der Waals surface area (Å²) in [4.78, 5) is 26.2. The van der Waals surface area contributed by atoms with Gasteiger partial charge in [-0.1, -0.05) is 64.2 Å². The Kier molecular flexibility index (Phi) is 15.5. The molecule has 0 aromatic rings. The molecule has 64 heavy (non-hydrogen) atoms. The van der Waals surface area contributed by atoms with Gasteiger partial charge in [-0.25, -0.2) is 0 Å². The Balaban J connectivity index is 1.16. The Morgan fingerprint density at radius 3 is 2.31 bits per heavy atom. The van der Waals surface area contributed by atoms with Crippen molar-refractivity contribution in [1.29, 1.82) is 0 Å². The minimum absolute atomic E-state index is 0.0266. The first-order valence-electron chi connectivity index (χ1n) is 23.3. The molecule has 1 amide bonds. The molecular weight excluding hydrogens is 827 g/mol. The molecule has 3 N–H and O–H groups in total. The number of amides is 1. The number of allylic oxidation sites excluding steroid dienone is 2. The zero-order chi connectivity index (χ0) is 46.2. The molecule has 358 valence electrons. The first-order chi connectivity index (χ1) is 30.4. The molecule has 0 radical (unpaired) electrons. The number of aliphatic hydroxyl groups excluding tert-OH is 1. The predicted molar refractivity (Wildman–Crippen MR) is 234 cm³/mol. The van der Waals surface area contributed by atoms with E-state index in [1.54, 1.807) is 33.3 Å². The van der Waals surface area contributed by atoms with Crippen molar-refractivity contribution < 1.29 is 67.2 Å². The van der Waals surface area contributed by atoms with Crippen molar-refractivity contribution in [2.24, 2.45) is 23.7 Å². The van der Waals surface area contributed by atoms with Crippen molar-refractivity contribution in [2.45, 2.75) is 192 Å². The summed E-state index contributed by atoms with van der Waals surface area (Å²) in [5.41, 5.74) is 0.112. The number of ether oxygens (including phenoxy) is 10. The number of carbonyl (C=O) groups excluding carboxylic acids is 2. The van der Waals surface area contributed by atoms with Crippen LogP contribution in [-0.2, 0) is 57.0 Å². The molecule has 4 fully saturated rings. The molecule has 7 rings (SSSR count). The van der Waals surface area contributed by atoms with E-state index in [9.17, 15) is 19.8 Å². The fourth-order valence-corrected chi connectivity index (χ4v) is 10.9.